The Balaban J connectivity index is 1.37. The van der Waals surface area contributed by atoms with Crippen molar-refractivity contribution in [1.82, 2.24) is 24.3 Å². The lowest BCUT2D eigenvalue weighted by Crippen LogP contribution is -2.51. The van der Waals surface area contributed by atoms with Gasteiger partial charge in [-0.25, -0.2) is 9.97 Å². The van der Waals surface area contributed by atoms with Gasteiger partial charge in [-0.2, -0.15) is 0 Å². The van der Waals surface area contributed by atoms with E-state index in [0.717, 1.165) is 62.1 Å². The number of benzene rings is 1. The van der Waals surface area contributed by atoms with Gasteiger partial charge in [0, 0.05) is 44.6 Å². The maximum atomic E-state index is 5.87. The van der Waals surface area contributed by atoms with Crippen molar-refractivity contribution in [2.45, 2.75) is 39.5 Å². The maximum absolute atomic E-state index is 5.87. The minimum Gasteiger partial charge on any atom is -0.439 e. The summed E-state index contributed by atoms with van der Waals surface area (Å²) in [5.41, 5.74) is 1.81. The monoisotopic (exact) mass is 339 g/mol. The maximum Gasteiger partial charge on any atom is 0.209 e. The molecule has 0 amide bonds. The van der Waals surface area contributed by atoms with Crippen molar-refractivity contribution in [2.75, 3.05) is 19.6 Å². The zero-order valence-corrected chi connectivity index (χ0v) is 14.9. The molecular weight excluding hydrogens is 314 g/mol. The molecule has 1 unspecified atom stereocenters. The van der Waals surface area contributed by atoms with E-state index in [1.165, 1.54) is 0 Å². The molecule has 4 rings (SSSR count). The quantitative estimate of drug-likeness (QED) is 0.715. The van der Waals surface area contributed by atoms with Gasteiger partial charge >= 0.3 is 0 Å². The highest BCUT2D eigenvalue weighted by Gasteiger charge is 2.25. The van der Waals surface area contributed by atoms with Crippen LogP contribution in [0.5, 0.6) is 0 Å². The van der Waals surface area contributed by atoms with Crippen LogP contribution in [0.3, 0.4) is 0 Å². The van der Waals surface area contributed by atoms with Crippen molar-refractivity contribution in [3.63, 3.8) is 0 Å². The zero-order valence-electron chi connectivity index (χ0n) is 14.9. The molecule has 3 aromatic rings. The molecule has 132 valence electrons. The van der Waals surface area contributed by atoms with Gasteiger partial charge in [0.25, 0.3) is 0 Å². The summed E-state index contributed by atoms with van der Waals surface area (Å²) in [5, 5.41) is 0. The van der Waals surface area contributed by atoms with E-state index >= 15 is 0 Å². The molecule has 0 N–H and O–H groups in total. The Morgan fingerprint density at radius 1 is 1.20 bits per heavy atom. The fourth-order valence-electron chi connectivity index (χ4n) is 3.59. The zero-order chi connectivity index (χ0) is 17.2. The normalized spacial score (nSPS) is 19.7. The Morgan fingerprint density at radius 3 is 2.88 bits per heavy atom. The molecule has 1 aliphatic rings. The van der Waals surface area contributed by atoms with Crippen molar-refractivity contribution < 1.29 is 4.42 Å². The van der Waals surface area contributed by atoms with E-state index in [0.29, 0.717) is 6.04 Å². The van der Waals surface area contributed by atoms with Crippen LogP contribution in [0.15, 0.2) is 41.1 Å². The number of nitrogens with zero attached hydrogens (tertiary/aromatic N) is 5. The van der Waals surface area contributed by atoms with Crippen molar-refractivity contribution in [3.8, 4) is 0 Å². The number of piperazine rings is 1. The number of oxazole rings is 1. The average Bonchev–Trinajstić information content (AvgIpc) is 3.22. The van der Waals surface area contributed by atoms with E-state index in [1.807, 2.05) is 30.5 Å². The van der Waals surface area contributed by atoms with Gasteiger partial charge in [-0.15, -0.1) is 0 Å². The van der Waals surface area contributed by atoms with Crippen LogP contribution in [-0.2, 0) is 19.6 Å². The van der Waals surface area contributed by atoms with Gasteiger partial charge in [-0.3, -0.25) is 9.80 Å². The highest BCUT2D eigenvalue weighted by molar-refractivity contribution is 5.72. The van der Waals surface area contributed by atoms with Crippen molar-refractivity contribution in [2.24, 2.45) is 0 Å². The van der Waals surface area contributed by atoms with Crippen LogP contribution in [0, 0.1) is 0 Å². The van der Waals surface area contributed by atoms with Gasteiger partial charge < -0.3 is 8.98 Å². The highest BCUT2D eigenvalue weighted by Crippen LogP contribution is 2.19. The van der Waals surface area contributed by atoms with E-state index in [-0.39, 0.29) is 0 Å². The fraction of sp³-hybridized carbons (Fsp3) is 0.474. The highest BCUT2D eigenvalue weighted by atomic mass is 16.3. The molecule has 0 radical (unpaired) electrons. The number of aromatic nitrogens is 3. The Morgan fingerprint density at radius 2 is 2.08 bits per heavy atom. The molecule has 3 heterocycles. The summed E-state index contributed by atoms with van der Waals surface area (Å²) in [4.78, 5) is 14.0. The lowest BCUT2D eigenvalue weighted by molar-refractivity contribution is 0.0659. The lowest BCUT2D eigenvalue weighted by atomic mass is 10.2. The Bertz CT molecular complexity index is 806. The standard InChI is InChI=1S/C19H25N5O/c1-3-23-9-8-20-18(23)13-24-11-10-22(12-15(24)2)14-19-21-16-6-4-5-7-17(16)25-19/h4-9,15H,3,10-14H2,1-2H3. The predicted molar refractivity (Wildman–Crippen MR) is 97.1 cm³/mol. The molecule has 1 fully saturated rings. The molecule has 0 aliphatic carbocycles. The summed E-state index contributed by atoms with van der Waals surface area (Å²) in [5.74, 6) is 1.96. The third-order valence-corrected chi connectivity index (χ3v) is 5.03. The second-order valence-corrected chi connectivity index (χ2v) is 6.76. The third-order valence-electron chi connectivity index (χ3n) is 5.03. The summed E-state index contributed by atoms with van der Waals surface area (Å²) in [6.07, 6.45) is 3.95. The van der Waals surface area contributed by atoms with E-state index in [2.05, 4.69) is 44.4 Å². The van der Waals surface area contributed by atoms with Gasteiger partial charge in [0.2, 0.25) is 5.89 Å². The van der Waals surface area contributed by atoms with Gasteiger partial charge in [-0.1, -0.05) is 12.1 Å². The second kappa shape index (κ2) is 6.98. The molecule has 6 nitrogen and oxygen atoms in total. The van der Waals surface area contributed by atoms with Crippen LogP contribution in [0.25, 0.3) is 11.1 Å². The number of para-hydroxylation sites is 2. The molecule has 1 saturated heterocycles. The number of rotatable bonds is 5. The number of fused-ring (bicyclic) bond motifs is 1. The first kappa shape index (κ1) is 16.3. The lowest BCUT2D eigenvalue weighted by Gasteiger charge is -2.39. The molecular formula is C19H25N5O. The molecule has 0 bridgehead atoms. The van der Waals surface area contributed by atoms with Gasteiger partial charge in [0.1, 0.15) is 11.3 Å². The molecule has 25 heavy (non-hydrogen) atoms. The first-order chi connectivity index (χ1) is 12.2. The topological polar surface area (TPSA) is 50.3 Å². The smallest absolute Gasteiger partial charge is 0.209 e. The Labute approximate surface area is 148 Å². The molecule has 6 heteroatoms. The van der Waals surface area contributed by atoms with Crippen molar-refractivity contribution in [3.05, 3.63) is 48.4 Å². The summed E-state index contributed by atoms with van der Waals surface area (Å²) in [6.45, 7) is 10.2. The third kappa shape index (κ3) is 3.45. The average molecular weight is 339 g/mol. The van der Waals surface area contributed by atoms with E-state index in [9.17, 15) is 0 Å². The predicted octanol–water partition coefficient (Wildman–Crippen LogP) is 2.75. The van der Waals surface area contributed by atoms with Crippen LogP contribution in [0.1, 0.15) is 25.6 Å². The van der Waals surface area contributed by atoms with E-state index < -0.39 is 0 Å². The number of aryl methyl sites for hydroxylation is 1. The summed E-state index contributed by atoms with van der Waals surface area (Å²) in [7, 11) is 0. The Hall–Kier alpha value is -2.18. The first-order valence-corrected chi connectivity index (χ1v) is 9.04. The number of imidazole rings is 1. The minimum absolute atomic E-state index is 0.486. The molecule has 1 atom stereocenters. The first-order valence-electron chi connectivity index (χ1n) is 9.04. The van der Waals surface area contributed by atoms with E-state index in [1.54, 1.807) is 0 Å². The molecule has 0 saturated carbocycles. The molecule has 2 aromatic heterocycles. The fourth-order valence-corrected chi connectivity index (χ4v) is 3.59. The van der Waals surface area contributed by atoms with Crippen LogP contribution >= 0.6 is 0 Å². The van der Waals surface area contributed by atoms with Crippen molar-refractivity contribution in [1.29, 1.82) is 0 Å². The molecule has 1 aromatic carbocycles. The van der Waals surface area contributed by atoms with Crippen molar-refractivity contribution >= 4 is 11.1 Å². The molecule has 1 aliphatic heterocycles. The second-order valence-electron chi connectivity index (χ2n) is 6.76. The van der Waals surface area contributed by atoms with Crippen LogP contribution in [0.2, 0.25) is 0 Å². The van der Waals surface area contributed by atoms with Crippen LogP contribution in [-0.4, -0.2) is 50.0 Å². The van der Waals surface area contributed by atoms with Gasteiger partial charge in [0.05, 0.1) is 13.1 Å². The summed E-state index contributed by atoms with van der Waals surface area (Å²) >= 11 is 0. The SMILES string of the molecule is CCn1ccnc1CN1CCN(Cc2nc3ccccc3o2)CC1C. The summed E-state index contributed by atoms with van der Waals surface area (Å²) < 4.78 is 8.09. The molecule has 0 spiro atoms. The largest absolute Gasteiger partial charge is 0.439 e. The van der Waals surface area contributed by atoms with Gasteiger partial charge in [-0.05, 0) is 26.0 Å². The van der Waals surface area contributed by atoms with Crippen LogP contribution < -0.4 is 0 Å². The summed E-state index contributed by atoms with van der Waals surface area (Å²) in [6, 6.07) is 8.44. The van der Waals surface area contributed by atoms with Crippen LogP contribution in [0.4, 0.5) is 0 Å². The minimum atomic E-state index is 0.486. The Kier molecular flexibility index (Phi) is 4.55. The van der Waals surface area contributed by atoms with E-state index in [4.69, 9.17) is 4.42 Å². The van der Waals surface area contributed by atoms with Gasteiger partial charge in [0.15, 0.2) is 5.58 Å². The number of hydrogen-bond donors (Lipinski definition) is 0. The number of hydrogen-bond acceptors (Lipinski definition) is 5.